The molecule has 4 aromatic rings. The number of nitrogens with zero attached hydrogens (tertiary/aromatic N) is 2. The molecule has 77 heavy (non-hydrogen) atoms. The second kappa shape index (κ2) is 31.0. The molecular formula is C57H64F4N4O12. The van der Waals surface area contributed by atoms with Gasteiger partial charge in [-0.3, -0.25) is 43.3 Å². The number of imide groups is 1. The maximum Gasteiger partial charge on any atom is 0.318 e. The minimum atomic E-state index is -1.08. The Hall–Kier alpha value is -8.21. The molecule has 412 valence electrons. The van der Waals surface area contributed by atoms with E-state index in [1.807, 2.05) is 6.07 Å². The summed E-state index contributed by atoms with van der Waals surface area (Å²) in [5, 5.41) is 14.1. The number of rotatable bonds is 15. The number of carbonyl (C=O) groups excluding carboxylic acids is 10. The fourth-order valence-electron chi connectivity index (χ4n) is 8.80. The first-order valence-electron chi connectivity index (χ1n) is 23.8. The molecule has 0 bridgehead atoms. The van der Waals surface area contributed by atoms with Crippen molar-refractivity contribution in [1.29, 1.82) is 5.26 Å². The molecule has 2 aliphatic rings. The van der Waals surface area contributed by atoms with E-state index in [-0.39, 0.29) is 73.4 Å². The Bertz CT molecular complexity index is 2760. The predicted molar refractivity (Wildman–Crippen MR) is 273 cm³/mol. The zero-order valence-corrected chi connectivity index (χ0v) is 43.2. The van der Waals surface area contributed by atoms with Gasteiger partial charge in [-0.25, -0.2) is 17.6 Å². The lowest BCUT2D eigenvalue weighted by Gasteiger charge is -2.33. The van der Waals surface area contributed by atoms with Gasteiger partial charge in [0.1, 0.15) is 70.1 Å². The topological polar surface area (TPSA) is 240 Å². The summed E-state index contributed by atoms with van der Waals surface area (Å²) in [5.74, 6) is -11.1. The highest BCUT2D eigenvalue weighted by Crippen LogP contribution is 2.36. The number of methoxy groups -OCH3 is 2. The number of hydrogen-bond donors (Lipinski definition) is 2. The van der Waals surface area contributed by atoms with Crippen LogP contribution in [0.1, 0.15) is 107 Å². The maximum absolute atomic E-state index is 13.0. The Morgan fingerprint density at radius 3 is 1.44 bits per heavy atom. The smallest absolute Gasteiger partial charge is 0.318 e. The number of ether oxygens (including phenoxy) is 2. The van der Waals surface area contributed by atoms with Crippen LogP contribution in [-0.4, -0.2) is 98.5 Å². The van der Waals surface area contributed by atoms with E-state index in [0.717, 1.165) is 10.5 Å². The Kier molecular flexibility index (Phi) is 26.1. The highest BCUT2D eigenvalue weighted by atomic mass is 19.1. The maximum atomic E-state index is 13.0. The first kappa shape index (κ1) is 64.9. The number of piperidine rings is 2. The van der Waals surface area contributed by atoms with E-state index in [1.165, 1.54) is 141 Å². The molecule has 0 radical (unpaired) electrons. The summed E-state index contributed by atoms with van der Waals surface area (Å²) in [6.45, 7) is 5.96. The van der Waals surface area contributed by atoms with E-state index in [1.54, 1.807) is 12.1 Å². The van der Waals surface area contributed by atoms with Crippen LogP contribution < -0.4 is 10.6 Å². The van der Waals surface area contributed by atoms with E-state index in [4.69, 9.17) is 5.26 Å². The fourth-order valence-corrected chi connectivity index (χ4v) is 8.80. The van der Waals surface area contributed by atoms with Crippen LogP contribution in [0.3, 0.4) is 0 Å². The lowest BCUT2D eigenvalue weighted by molar-refractivity contribution is -0.161. The lowest BCUT2D eigenvalue weighted by Crippen LogP contribution is -2.49. The number of halogens is 4. The Morgan fingerprint density at radius 1 is 0.649 bits per heavy atom. The van der Waals surface area contributed by atoms with Crippen LogP contribution in [0.5, 0.6) is 0 Å². The van der Waals surface area contributed by atoms with Gasteiger partial charge in [0.2, 0.25) is 23.6 Å². The summed E-state index contributed by atoms with van der Waals surface area (Å²) in [4.78, 5) is 118. The summed E-state index contributed by atoms with van der Waals surface area (Å²) >= 11 is 0. The van der Waals surface area contributed by atoms with E-state index in [9.17, 15) is 65.5 Å². The van der Waals surface area contributed by atoms with E-state index < -0.39 is 82.6 Å². The van der Waals surface area contributed by atoms with Gasteiger partial charge in [0, 0.05) is 63.6 Å². The molecule has 0 aliphatic carbocycles. The van der Waals surface area contributed by atoms with Crippen LogP contribution in [0.25, 0.3) is 0 Å². The number of likely N-dealkylation sites (tertiary alicyclic amines) is 1. The van der Waals surface area contributed by atoms with Crippen molar-refractivity contribution >= 4 is 58.7 Å². The summed E-state index contributed by atoms with van der Waals surface area (Å²) in [5.41, 5.74) is 2.58. The van der Waals surface area contributed by atoms with E-state index in [0.29, 0.717) is 29.7 Å². The van der Waals surface area contributed by atoms with Gasteiger partial charge in [-0.2, -0.15) is 5.26 Å². The highest BCUT2D eigenvalue weighted by Gasteiger charge is 2.45. The third-order valence-corrected chi connectivity index (χ3v) is 12.7. The van der Waals surface area contributed by atoms with Crippen molar-refractivity contribution in [3.05, 3.63) is 143 Å². The Labute approximate surface area is 444 Å². The fraction of sp³-hybridized carbons (Fsp3) is 0.386. The molecule has 8 atom stereocenters. The summed E-state index contributed by atoms with van der Waals surface area (Å²) in [6, 6.07) is 24.3. The van der Waals surface area contributed by atoms with Crippen LogP contribution in [0.4, 0.5) is 17.6 Å². The molecule has 2 N–H and O–H groups in total. The molecule has 4 amide bonds. The standard InChI is InChI=1S/C15H18FNO3.C14H14FNO4.C14H14FNO2.C13H14FNO3.CH4/c1-9(18)8-13(11-4-6-12(16)7-5-11)14(10(2)19)15(20)17-3;1-16-11(17)7-10(8-3-5-9(15)6-4-8)12(13(16)18)14(19)20-2;1-9(17)7-13(14(8-16)10(2)18)11-3-5-12(15)6-4-11;1-18-13(17)11-10(6-7-15-12(11)16)8-2-4-9(14)5-3-8;/h4-7,13-14H,8H2,1-3H3,(H,17,20);3-6,10,12H,7H2,1-2H3;3-6,13-14H,7H2,1-2H3;2-5,10-11H,6-7H2,1H3,(H,15,16);1H4/t;10?,12-;;;/m.0.../s1. The van der Waals surface area contributed by atoms with E-state index >= 15 is 0 Å². The number of ketones is 4. The lowest BCUT2D eigenvalue weighted by atomic mass is 9.79. The second-order valence-electron chi connectivity index (χ2n) is 17.9. The molecular weight excluding hydrogens is 1010 g/mol. The van der Waals surface area contributed by atoms with Gasteiger partial charge < -0.3 is 29.7 Å². The van der Waals surface area contributed by atoms with Crippen molar-refractivity contribution < 1.29 is 75.0 Å². The molecule has 20 heteroatoms. The zero-order valence-electron chi connectivity index (χ0n) is 43.2. The third kappa shape index (κ3) is 18.5. The van der Waals surface area contributed by atoms with Crippen molar-refractivity contribution in [2.24, 2.45) is 23.7 Å². The minimum Gasteiger partial charge on any atom is -0.468 e. The van der Waals surface area contributed by atoms with Gasteiger partial charge in [-0.1, -0.05) is 56.0 Å². The first-order chi connectivity index (χ1) is 35.9. The van der Waals surface area contributed by atoms with Crippen molar-refractivity contribution in [1.82, 2.24) is 15.5 Å². The SMILES string of the molecule is C.CC(=O)CC(c1ccc(F)cc1)C(C#N)C(C)=O.CNC(=O)C(C(C)=O)C(CC(C)=O)c1ccc(F)cc1.COC(=O)C1C(=O)NCCC1c1ccc(F)cc1.COC(=O)[C@@H]1C(=O)N(C)C(=O)CC1c1ccc(F)cc1. The van der Waals surface area contributed by atoms with Crippen molar-refractivity contribution in [3.63, 3.8) is 0 Å². The van der Waals surface area contributed by atoms with Gasteiger partial charge in [0.05, 0.1) is 20.3 Å². The largest absolute Gasteiger partial charge is 0.468 e. The minimum absolute atomic E-state index is 0. The van der Waals surface area contributed by atoms with Gasteiger partial charge in [0.15, 0.2) is 0 Å². The molecule has 7 unspecified atom stereocenters. The van der Waals surface area contributed by atoms with E-state index in [2.05, 4.69) is 20.1 Å². The van der Waals surface area contributed by atoms with Crippen molar-refractivity contribution in [2.75, 3.05) is 34.9 Å². The number of hydrogen-bond acceptors (Lipinski definition) is 13. The summed E-state index contributed by atoms with van der Waals surface area (Å²) in [7, 11) is 5.22. The third-order valence-electron chi connectivity index (χ3n) is 12.7. The number of amides is 4. The number of Topliss-reactive ketones (excluding diaryl/α,β-unsaturated/α-hetero) is 4. The molecule has 0 saturated carbocycles. The molecule has 0 spiro atoms. The number of benzene rings is 4. The first-order valence-corrected chi connectivity index (χ1v) is 23.8. The molecule has 16 nitrogen and oxygen atoms in total. The van der Waals surface area contributed by atoms with Gasteiger partial charge in [-0.05, 0) is 105 Å². The molecule has 2 aliphatic heterocycles. The van der Waals surface area contributed by atoms with Crippen LogP contribution in [0.2, 0.25) is 0 Å². The number of nitrogens with one attached hydrogen (secondary N) is 2. The highest BCUT2D eigenvalue weighted by molar-refractivity contribution is 6.08. The van der Waals surface area contributed by atoms with Crippen LogP contribution >= 0.6 is 0 Å². The average Bonchev–Trinajstić information content (AvgIpc) is 3.38. The Balaban J connectivity index is 0.000000350. The number of esters is 2. The van der Waals surface area contributed by atoms with Crippen molar-refractivity contribution in [3.8, 4) is 6.07 Å². The zero-order chi connectivity index (χ0) is 57.0. The van der Waals surface area contributed by atoms with Crippen LogP contribution in [0.15, 0.2) is 97.1 Å². The Morgan fingerprint density at radius 2 is 1.05 bits per heavy atom. The molecule has 2 fully saturated rings. The van der Waals surface area contributed by atoms with Gasteiger partial charge >= 0.3 is 11.9 Å². The molecule has 2 heterocycles. The van der Waals surface area contributed by atoms with Crippen LogP contribution in [-0.2, 0) is 57.4 Å². The van der Waals surface area contributed by atoms with Crippen LogP contribution in [0, 0.1) is 58.3 Å². The molecule has 0 aromatic heterocycles. The summed E-state index contributed by atoms with van der Waals surface area (Å²) in [6.07, 6.45) is 0.803. The molecule has 2 saturated heterocycles. The summed E-state index contributed by atoms with van der Waals surface area (Å²) < 4.78 is 61.0. The van der Waals surface area contributed by atoms with Gasteiger partial charge in [-0.15, -0.1) is 0 Å². The normalized spacial score (nSPS) is 18.0. The van der Waals surface area contributed by atoms with Gasteiger partial charge in [0.25, 0.3) is 0 Å². The number of carbonyl (C=O) groups is 10. The molecule has 6 rings (SSSR count). The monoisotopic (exact) mass is 1070 g/mol. The quantitative estimate of drug-likeness (QED) is 0.0511. The molecule has 4 aromatic carbocycles. The second-order valence-corrected chi connectivity index (χ2v) is 17.9. The average molecular weight is 1070 g/mol. The van der Waals surface area contributed by atoms with Crippen molar-refractivity contribution in [2.45, 2.75) is 84.5 Å². The number of nitriles is 1. The predicted octanol–water partition coefficient (Wildman–Crippen LogP) is 7.40.